The number of carbonyl (C=O) groups excluding carboxylic acids is 1. The molecule has 0 heterocycles. The Hall–Kier alpha value is -1.35. The Balaban J connectivity index is 2.32. The quantitative estimate of drug-likeness (QED) is 0.668. The van der Waals surface area contributed by atoms with Crippen molar-refractivity contribution in [2.45, 2.75) is 59.0 Å². The van der Waals surface area contributed by atoms with E-state index >= 15 is 0 Å². The monoisotopic (exact) mass is 290 g/mol. The van der Waals surface area contributed by atoms with Gasteiger partial charge in [-0.3, -0.25) is 9.69 Å². The van der Waals surface area contributed by atoms with Crippen molar-refractivity contribution >= 4 is 5.91 Å². The van der Waals surface area contributed by atoms with Gasteiger partial charge in [0.1, 0.15) is 0 Å². The lowest BCUT2D eigenvalue weighted by Crippen LogP contribution is -2.35. The number of rotatable bonds is 10. The van der Waals surface area contributed by atoms with Crippen molar-refractivity contribution in [3.63, 3.8) is 0 Å². The summed E-state index contributed by atoms with van der Waals surface area (Å²) in [5.41, 5.74) is 1.30. The van der Waals surface area contributed by atoms with Crippen LogP contribution in [0, 0.1) is 0 Å². The van der Waals surface area contributed by atoms with Crippen molar-refractivity contribution in [1.82, 2.24) is 10.2 Å². The molecule has 0 aliphatic rings. The fraction of sp³-hybridized carbons (Fsp3) is 0.611. The highest BCUT2D eigenvalue weighted by molar-refractivity contribution is 5.76. The van der Waals surface area contributed by atoms with Crippen molar-refractivity contribution in [3.05, 3.63) is 35.9 Å². The van der Waals surface area contributed by atoms with Crippen LogP contribution in [0.15, 0.2) is 30.3 Å². The van der Waals surface area contributed by atoms with Gasteiger partial charge in [0, 0.05) is 32.1 Å². The van der Waals surface area contributed by atoms with Gasteiger partial charge in [0.2, 0.25) is 5.91 Å². The van der Waals surface area contributed by atoms with E-state index in [9.17, 15) is 4.79 Å². The maximum Gasteiger partial charge on any atom is 0.221 e. The van der Waals surface area contributed by atoms with Gasteiger partial charge in [-0.25, -0.2) is 0 Å². The van der Waals surface area contributed by atoms with Crippen molar-refractivity contribution in [3.8, 4) is 0 Å². The standard InChI is InChI=1S/C18H30N2O/c1-4-5-9-13-19-18(21)12-14-20(16(2)3)15-17-10-7-6-8-11-17/h6-8,10-11,16H,4-5,9,12-15H2,1-3H3,(H,19,21). The first-order valence-corrected chi connectivity index (χ1v) is 8.18. The third kappa shape index (κ3) is 7.86. The van der Waals surface area contributed by atoms with Crippen LogP contribution in [0.5, 0.6) is 0 Å². The predicted octanol–water partition coefficient (Wildman–Crippen LogP) is 3.59. The van der Waals surface area contributed by atoms with Crippen molar-refractivity contribution in [2.75, 3.05) is 13.1 Å². The van der Waals surface area contributed by atoms with Gasteiger partial charge in [-0.1, -0.05) is 50.1 Å². The second-order valence-electron chi connectivity index (χ2n) is 5.86. The van der Waals surface area contributed by atoms with Gasteiger partial charge in [0.15, 0.2) is 0 Å². The van der Waals surface area contributed by atoms with Gasteiger partial charge in [-0.2, -0.15) is 0 Å². The molecular weight excluding hydrogens is 260 g/mol. The lowest BCUT2D eigenvalue weighted by molar-refractivity contribution is -0.121. The molecule has 1 aromatic carbocycles. The first-order valence-electron chi connectivity index (χ1n) is 8.18. The van der Waals surface area contributed by atoms with Crippen LogP contribution in [0.1, 0.15) is 52.0 Å². The molecule has 3 heteroatoms. The summed E-state index contributed by atoms with van der Waals surface area (Å²) < 4.78 is 0. The highest BCUT2D eigenvalue weighted by Gasteiger charge is 2.12. The molecule has 0 aromatic heterocycles. The van der Waals surface area contributed by atoms with Gasteiger partial charge in [0.05, 0.1) is 0 Å². The molecule has 1 aromatic rings. The summed E-state index contributed by atoms with van der Waals surface area (Å²) in [4.78, 5) is 14.2. The number of nitrogens with one attached hydrogen (secondary N) is 1. The topological polar surface area (TPSA) is 32.3 Å². The predicted molar refractivity (Wildman–Crippen MR) is 89.1 cm³/mol. The summed E-state index contributed by atoms with van der Waals surface area (Å²) in [6.07, 6.45) is 4.04. The average molecular weight is 290 g/mol. The van der Waals surface area contributed by atoms with E-state index < -0.39 is 0 Å². The van der Waals surface area contributed by atoms with E-state index in [1.165, 1.54) is 18.4 Å². The lowest BCUT2D eigenvalue weighted by Gasteiger charge is -2.26. The highest BCUT2D eigenvalue weighted by atomic mass is 16.1. The molecule has 0 spiro atoms. The second-order valence-corrected chi connectivity index (χ2v) is 5.86. The van der Waals surface area contributed by atoms with E-state index in [1.807, 2.05) is 6.07 Å². The molecule has 1 N–H and O–H groups in total. The number of nitrogens with zero attached hydrogens (tertiary/aromatic N) is 1. The molecule has 1 rings (SSSR count). The van der Waals surface area contributed by atoms with Crippen molar-refractivity contribution in [2.24, 2.45) is 0 Å². The summed E-state index contributed by atoms with van der Waals surface area (Å²) in [6, 6.07) is 10.9. The number of benzene rings is 1. The van der Waals surface area contributed by atoms with Gasteiger partial charge in [-0.15, -0.1) is 0 Å². The normalized spacial score (nSPS) is 11.1. The van der Waals surface area contributed by atoms with E-state index in [-0.39, 0.29) is 5.91 Å². The molecule has 0 unspecified atom stereocenters. The molecule has 0 saturated heterocycles. The molecule has 1 amide bonds. The molecule has 0 aliphatic carbocycles. The van der Waals surface area contributed by atoms with Crippen LogP contribution in [-0.4, -0.2) is 29.9 Å². The first kappa shape index (κ1) is 17.7. The molecule has 118 valence electrons. The summed E-state index contributed by atoms with van der Waals surface area (Å²) in [5.74, 6) is 0.171. The number of hydrogen-bond acceptors (Lipinski definition) is 2. The fourth-order valence-corrected chi connectivity index (χ4v) is 2.27. The fourth-order valence-electron chi connectivity index (χ4n) is 2.27. The zero-order valence-electron chi connectivity index (χ0n) is 13.8. The number of unbranched alkanes of at least 4 members (excludes halogenated alkanes) is 2. The molecule has 0 bridgehead atoms. The van der Waals surface area contributed by atoms with E-state index in [4.69, 9.17) is 0 Å². The van der Waals surface area contributed by atoms with Crippen LogP contribution in [0.25, 0.3) is 0 Å². The second kappa shape index (κ2) is 10.4. The molecule has 0 saturated carbocycles. The number of amides is 1. The molecule has 21 heavy (non-hydrogen) atoms. The largest absolute Gasteiger partial charge is 0.356 e. The Labute approximate surface area is 129 Å². The minimum Gasteiger partial charge on any atom is -0.356 e. The molecule has 0 atom stereocenters. The SMILES string of the molecule is CCCCCNC(=O)CCN(Cc1ccccc1)C(C)C. The van der Waals surface area contributed by atoms with Crippen LogP contribution in [-0.2, 0) is 11.3 Å². The minimum atomic E-state index is 0.171. The number of hydrogen-bond donors (Lipinski definition) is 1. The van der Waals surface area contributed by atoms with Crippen LogP contribution < -0.4 is 5.32 Å². The average Bonchev–Trinajstić information content (AvgIpc) is 2.48. The van der Waals surface area contributed by atoms with Crippen molar-refractivity contribution in [1.29, 1.82) is 0 Å². The first-order chi connectivity index (χ1) is 10.1. The van der Waals surface area contributed by atoms with Gasteiger partial charge in [-0.05, 0) is 25.8 Å². The molecule has 0 aliphatic heterocycles. The minimum absolute atomic E-state index is 0.171. The third-order valence-electron chi connectivity index (χ3n) is 3.69. The molecule has 0 fully saturated rings. The Kier molecular flexibility index (Phi) is 8.76. The smallest absolute Gasteiger partial charge is 0.221 e. The van der Waals surface area contributed by atoms with Gasteiger partial charge in [0.25, 0.3) is 0 Å². The van der Waals surface area contributed by atoms with Gasteiger partial charge >= 0.3 is 0 Å². The van der Waals surface area contributed by atoms with E-state index in [0.717, 1.165) is 26.1 Å². The number of carbonyl (C=O) groups is 1. The third-order valence-corrected chi connectivity index (χ3v) is 3.69. The maximum absolute atomic E-state index is 11.8. The Morgan fingerprint density at radius 2 is 1.90 bits per heavy atom. The summed E-state index contributed by atoms with van der Waals surface area (Å²) in [7, 11) is 0. The van der Waals surface area contributed by atoms with E-state index in [2.05, 4.69) is 55.3 Å². The molecule has 3 nitrogen and oxygen atoms in total. The van der Waals surface area contributed by atoms with E-state index in [1.54, 1.807) is 0 Å². The van der Waals surface area contributed by atoms with Crippen LogP contribution in [0.2, 0.25) is 0 Å². The van der Waals surface area contributed by atoms with Crippen LogP contribution in [0.4, 0.5) is 0 Å². The van der Waals surface area contributed by atoms with E-state index in [0.29, 0.717) is 12.5 Å². The molecule has 0 radical (unpaired) electrons. The van der Waals surface area contributed by atoms with Crippen LogP contribution >= 0.6 is 0 Å². The lowest BCUT2D eigenvalue weighted by atomic mass is 10.2. The molecular formula is C18H30N2O. The zero-order valence-corrected chi connectivity index (χ0v) is 13.8. The summed E-state index contributed by atoms with van der Waals surface area (Å²) in [5, 5.41) is 3.01. The highest BCUT2D eigenvalue weighted by Crippen LogP contribution is 2.08. The van der Waals surface area contributed by atoms with Crippen molar-refractivity contribution < 1.29 is 4.79 Å². The maximum atomic E-state index is 11.8. The van der Waals surface area contributed by atoms with Gasteiger partial charge < -0.3 is 5.32 Å². The Morgan fingerprint density at radius 1 is 1.19 bits per heavy atom. The Bertz CT molecular complexity index is 389. The summed E-state index contributed by atoms with van der Waals surface area (Å²) >= 11 is 0. The summed E-state index contributed by atoms with van der Waals surface area (Å²) in [6.45, 7) is 9.07. The van der Waals surface area contributed by atoms with Crippen LogP contribution in [0.3, 0.4) is 0 Å². The zero-order chi connectivity index (χ0) is 15.5. The Morgan fingerprint density at radius 3 is 2.52 bits per heavy atom.